The number of anilines is 2. The molecule has 0 fully saturated rings. The first kappa shape index (κ1) is 19.0. The summed E-state index contributed by atoms with van der Waals surface area (Å²) >= 11 is 6.13. The molecule has 0 atom stereocenters. The molecule has 3 N–H and O–H groups in total. The van der Waals surface area contributed by atoms with Gasteiger partial charge in [-0.2, -0.15) is 0 Å². The number of nitrogens with one attached hydrogen (secondary N) is 1. The molecule has 28 heavy (non-hydrogen) atoms. The lowest BCUT2D eigenvalue weighted by Crippen LogP contribution is -2.11. The Labute approximate surface area is 178 Å². The molecule has 0 unspecified atom stereocenters. The van der Waals surface area contributed by atoms with Crippen LogP contribution in [0.5, 0.6) is 0 Å². The number of aryl methyl sites for hydroxylation is 1. The smallest absolute Gasteiger partial charge is 0.269 e. The fraction of sp³-hybridized carbons (Fsp3) is 0.150. The monoisotopic (exact) mass is 472 g/mol. The Morgan fingerprint density at radius 1 is 1.18 bits per heavy atom. The van der Waals surface area contributed by atoms with Crippen LogP contribution in [0.3, 0.4) is 0 Å². The molecule has 142 valence electrons. The van der Waals surface area contributed by atoms with Gasteiger partial charge in [0.05, 0.1) is 11.4 Å². The van der Waals surface area contributed by atoms with E-state index in [1.807, 2.05) is 41.8 Å². The first-order valence-corrected chi connectivity index (χ1v) is 11.2. The second-order valence-electron chi connectivity index (χ2n) is 6.25. The third-order valence-electron chi connectivity index (χ3n) is 4.23. The van der Waals surface area contributed by atoms with Crippen molar-refractivity contribution in [2.75, 3.05) is 11.1 Å². The number of carbonyl (C=O) groups is 1. The zero-order chi connectivity index (χ0) is 19.7. The third kappa shape index (κ3) is 3.80. The average molecular weight is 473 g/mol. The van der Waals surface area contributed by atoms with Crippen LogP contribution in [0.25, 0.3) is 21.5 Å². The van der Waals surface area contributed by atoms with Gasteiger partial charge in [0.25, 0.3) is 5.91 Å². The number of hydrogen-bond donors (Lipinski definition) is 2. The van der Waals surface area contributed by atoms with E-state index in [9.17, 15) is 4.79 Å². The van der Waals surface area contributed by atoms with Crippen molar-refractivity contribution in [1.29, 1.82) is 0 Å². The molecular formula is C20H17BrN4OS2. The van der Waals surface area contributed by atoms with Gasteiger partial charge >= 0.3 is 0 Å². The van der Waals surface area contributed by atoms with Gasteiger partial charge in [-0.25, -0.2) is 9.97 Å². The van der Waals surface area contributed by atoms with Crippen LogP contribution < -0.4 is 11.1 Å². The molecule has 5 nitrogen and oxygen atoms in total. The van der Waals surface area contributed by atoms with Crippen molar-refractivity contribution in [1.82, 2.24) is 9.97 Å². The Kier molecular flexibility index (Phi) is 5.43. The molecule has 3 aromatic heterocycles. The lowest BCUT2D eigenvalue weighted by atomic mass is 10.2. The molecule has 4 aromatic rings. The molecule has 0 radical (unpaired) electrons. The van der Waals surface area contributed by atoms with E-state index in [2.05, 4.69) is 38.1 Å². The maximum Gasteiger partial charge on any atom is 0.269 e. The Morgan fingerprint density at radius 3 is 2.71 bits per heavy atom. The Balaban J connectivity index is 1.57. The number of aromatic nitrogens is 2. The van der Waals surface area contributed by atoms with Gasteiger partial charge in [-0.3, -0.25) is 10.1 Å². The summed E-state index contributed by atoms with van der Waals surface area (Å²) in [6, 6.07) is 11.8. The summed E-state index contributed by atoms with van der Waals surface area (Å²) in [6.07, 6.45) is 1.94. The molecular weight excluding hydrogens is 456 g/mol. The van der Waals surface area contributed by atoms with E-state index in [4.69, 9.17) is 5.73 Å². The van der Waals surface area contributed by atoms with Crippen molar-refractivity contribution in [2.45, 2.75) is 19.8 Å². The van der Waals surface area contributed by atoms with Crippen molar-refractivity contribution in [3.8, 4) is 11.3 Å². The Bertz CT molecular complexity index is 1150. The second-order valence-corrected chi connectivity index (χ2v) is 9.02. The van der Waals surface area contributed by atoms with Gasteiger partial charge in [-0.1, -0.05) is 41.4 Å². The van der Waals surface area contributed by atoms with Gasteiger partial charge in [-0.15, -0.1) is 22.7 Å². The molecule has 0 aliphatic rings. The number of thiophene rings is 1. The highest BCUT2D eigenvalue weighted by Gasteiger charge is 2.19. The van der Waals surface area contributed by atoms with E-state index in [1.54, 1.807) is 0 Å². The van der Waals surface area contributed by atoms with Crippen molar-refractivity contribution in [3.05, 3.63) is 56.8 Å². The van der Waals surface area contributed by atoms with Crippen LogP contribution in [-0.4, -0.2) is 15.9 Å². The minimum absolute atomic E-state index is 0.255. The van der Waals surface area contributed by atoms with Crippen LogP contribution in [0, 0.1) is 0 Å². The van der Waals surface area contributed by atoms with E-state index in [1.165, 1.54) is 22.7 Å². The number of carbonyl (C=O) groups excluding carboxylic acids is 1. The van der Waals surface area contributed by atoms with Gasteiger partial charge in [0.2, 0.25) is 0 Å². The molecule has 0 aliphatic heterocycles. The number of fused-ring (bicyclic) bond motifs is 1. The zero-order valence-electron chi connectivity index (χ0n) is 15.0. The van der Waals surface area contributed by atoms with E-state index in [0.29, 0.717) is 15.7 Å². The first-order valence-electron chi connectivity index (χ1n) is 8.76. The second kappa shape index (κ2) is 7.98. The molecule has 3 heterocycles. The SMILES string of the molecule is CCCc1ccc2c(N)c(C(=O)Nc3nc(-c4ccc(Br)cc4)cs3)sc2n1. The Hall–Kier alpha value is -2.29. The van der Waals surface area contributed by atoms with Crippen LogP contribution in [0.1, 0.15) is 28.7 Å². The number of amides is 1. The first-order chi connectivity index (χ1) is 13.5. The molecule has 4 rings (SSSR count). The number of nitrogen functional groups attached to an aromatic ring is 1. The van der Waals surface area contributed by atoms with Crippen molar-refractivity contribution in [3.63, 3.8) is 0 Å². The summed E-state index contributed by atoms with van der Waals surface area (Å²) in [5.74, 6) is -0.255. The maximum atomic E-state index is 12.8. The van der Waals surface area contributed by atoms with Crippen LogP contribution >= 0.6 is 38.6 Å². The van der Waals surface area contributed by atoms with Crippen molar-refractivity contribution >= 4 is 65.5 Å². The summed E-state index contributed by atoms with van der Waals surface area (Å²) in [5, 5.41) is 6.15. The highest BCUT2D eigenvalue weighted by atomic mass is 79.9. The summed E-state index contributed by atoms with van der Waals surface area (Å²) in [4.78, 5) is 23.2. The zero-order valence-corrected chi connectivity index (χ0v) is 18.2. The van der Waals surface area contributed by atoms with E-state index >= 15 is 0 Å². The Morgan fingerprint density at radius 2 is 1.96 bits per heavy atom. The summed E-state index contributed by atoms with van der Waals surface area (Å²) in [7, 11) is 0. The van der Waals surface area contributed by atoms with E-state index in [0.717, 1.165) is 44.5 Å². The van der Waals surface area contributed by atoms with Gasteiger partial charge < -0.3 is 5.73 Å². The number of rotatable bonds is 5. The molecule has 0 saturated heterocycles. The van der Waals surface area contributed by atoms with Crippen LogP contribution in [0.4, 0.5) is 10.8 Å². The standard InChI is InChI=1S/C20H17BrN4OS2/c1-2-3-13-8-9-14-16(22)17(28-19(14)23-13)18(26)25-20-24-15(10-27-20)11-4-6-12(21)7-5-11/h4-10H,2-3,22H2,1H3,(H,24,25,26). The number of thiazole rings is 1. The van der Waals surface area contributed by atoms with E-state index in [-0.39, 0.29) is 5.91 Å². The lowest BCUT2D eigenvalue weighted by Gasteiger charge is -2.00. The maximum absolute atomic E-state index is 12.8. The van der Waals surface area contributed by atoms with Gasteiger partial charge in [-0.05, 0) is 30.7 Å². The molecule has 8 heteroatoms. The lowest BCUT2D eigenvalue weighted by molar-refractivity contribution is 0.103. The van der Waals surface area contributed by atoms with Crippen molar-refractivity contribution < 1.29 is 4.79 Å². The van der Waals surface area contributed by atoms with Crippen LogP contribution in [-0.2, 0) is 6.42 Å². The minimum Gasteiger partial charge on any atom is -0.397 e. The van der Waals surface area contributed by atoms with Gasteiger partial charge in [0.15, 0.2) is 5.13 Å². The average Bonchev–Trinajstić information content (AvgIpc) is 3.27. The fourth-order valence-electron chi connectivity index (χ4n) is 2.84. The van der Waals surface area contributed by atoms with Crippen molar-refractivity contribution in [2.24, 2.45) is 0 Å². The van der Waals surface area contributed by atoms with E-state index < -0.39 is 0 Å². The number of benzene rings is 1. The predicted molar refractivity (Wildman–Crippen MR) is 121 cm³/mol. The predicted octanol–water partition coefficient (Wildman–Crippen LogP) is 5.97. The largest absolute Gasteiger partial charge is 0.397 e. The summed E-state index contributed by atoms with van der Waals surface area (Å²) < 4.78 is 1.01. The highest BCUT2D eigenvalue weighted by Crippen LogP contribution is 2.34. The third-order valence-corrected chi connectivity index (χ3v) is 6.63. The highest BCUT2D eigenvalue weighted by molar-refractivity contribution is 9.10. The van der Waals surface area contributed by atoms with Crippen LogP contribution in [0.15, 0.2) is 46.3 Å². The molecule has 0 saturated carbocycles. The molecule has 0 bridgehead atoms. The quantitative estimate of drug-likeness (QED) is 0.374. The molecule has 0 aliphatic carbocycles. The molecule has 1 amide bonds. The molecule has 0 spiro atoms. The number of nitrogens with two attached hydrogens (primary N) is 1. The number of hydrogen-bond acceptors (Lipinski definition) is 6. The number of nitrogens with zero attached hydrogens (tertiary/aromatic N) is 2. The summed E-state index contributed by atoms with van der Waals surface area (Å²) in [5.41, 5.74) is 9.52. The minimum atomic E-state index is -0.255. The number of halogens is 1. The number of pyridine rings is 1. The summed E-state index contributed by atoms with van der Waals surface area (Å²) in [6.45, 7) is 2.12. The fourth-order valence-corrected chi connectivity index (χ4v) is 4.82. The molecule has 1 aromatic carbocycles. The van der Waals surface area contributed by atoms with Gasteiger partial charge in [0.1, 0.15) is 9.71 Å². The van der Waals surface area contributed by atoms with Crippen LogP contribution in [0.2, 0.25) is 0 Å². The normalized spacial score (nSPS) is 11.1. The topological polar surface area (TPSA) is 80.9 Å². The van der Waals surface area contributed by atoms with Gasteiger partial charge in [0, 0.05) is 26.5 Å².